The summed E-state index contributed by atoms with van der Waals surface area (Å²) < 4.78 is 23.1. The topological polar surface area (TPSA) is 108 Å². The average molecular weight is 915 g/mol. The van der Waals surface area contributed by atoms with E-state index in [1.807, 2.05) is 21.1 Å². The van der Waals surface area contributed by atoms with Crippen molar-refractivity contribution in [2.24, 2.45) is 0 Å². The molecule has 1 amide bonds. The number of hydrogen-bond acceptors (Lipinski definition) is 6. The third kappa shape index (κ3) is 47.6. The SMILES string of the molecule is CC/C=C\C/C=C\C/C=C\C/C=C\C/C=C\C/C=C\C/C=C\CCCCCCCCCCCCCCCCCC(=O)NC(COP(=O)([O-])OCC[N+](C)(C)C)C(O)CCCCCCC. The fourth-order valence-corrected chi connectivity index (χ4v) is 7.80. The van der Waals surface area contributed by atoms with E-state index < -0.39 is 20.0 Å². The molecule has 0 spiro atoms. The van der Waals surface area contributed by atoms with Crippen LogP contribution in [0.3, 0.4) is 0 Å². The maximum absolute atomic E-state index is 12.8. The monoisotopic (exact) mass is 915 g/mol. The van der Waals surface area contributed by atoms with Crippen molar-refractivity contribution in [2.75, 3.05) is 40.9 Å². The second kappa shape index (κ2) is 45.8. The van der Waals surface area contributed by atoms with E-state index in [9.17, 15) is 19.4 Å². The standard InChI is InChI=1S/C55H99N2O6P/c1-6-8-10-12-13-14-15-16-17-18-19-20-21-22-23-24-25-26-27-28-29-30-31-32-33-34-35-36-37-38-39-40-41-42-43-45-47-49-55(59)56-53(54(58)48-46-44-11-9-7-2)52-63-64(60,61)62-51-50-57(3,4)5/h8,10,13-14,16-17,19-20,22-23,25-26,28-29,53-54,58H,6-7,9,11-12,15,18,21,24,27,30-52H2,1-5H3,(H-,56,59,60,61)/b10-8-,14-13-,17-16-,20-19-,23-22-,26-25-,29-28-. The number of phosphoric ester groups is 1. The molecular weight excluding hydrogens is 816 g/mol. The van der Waals surface area contributed by atoms with Crippen molar-refractivity contribution in [3.8, 4) is 0 Å². The van der Waals surface area contributed by atoms with Gasteiger partial charge in [-0.3, -0.25) is 9.36 Å². The molecule has 0 saturated carbocycles. The third-order valence-electron chi connectivity index (χ3n) is 11.1. The molecule has 0 bridgehead atoms. The van der Waals surface area contributed by atoms with Crippen LogP contribution in [0.4, 0.5) is 0 Å². The number of nitrogens with zero attached hydrogens (tertiary/aromatic N) is 1. The molecule has 0 radical (unpaired) electrons. The first-order chi connectivity index (χ1) is 31.0. The van der Waals surface area contributed by atoms with Crippen LogP contribution in [0.2, 0.25) is 0 Å². The highest BCUT2D eigenvalue weighted by molar-refractivity contribution is 7.45. The minimum atomic E-state index is -4.55. The van der Waals surface area contributed by atoms with E-state index in [0.29, 0.717) is 23.9 Å². The molecule has 0 fully saturated rings. The van der Waals surface area contributed by atoms with Gasteiger partial charge < -0.3 is 28.8 Å². The molecule has 0 rings (SSSR count). The number of phosphoric acid groups is 1. The Hall–Kier alpha value is -2.32. The van der Waals surface area contributed by atoms with Gasteiger partial charge in [0, 0.05) is 6.42 Å². The van der Waals surface area contributed by atoms with E-state index in [2.05, 4.69) is 104 Å². The van der Waals surface area contributed by atoms with E-state index in [1.54, 1.807) is 0 Å². The van der Waals surface area contributed by atoms with Crippen molar-refractivity contribution in [2.45, 2.75) is 219 Å². The summed E-state index contributed by atoms with van der Waals surface area (Å²) >= 11 is 0. The number of quaternary nitrogens is 1. The van der Waals surface area contributed by atoms with Crippen molar-refractivity contribution in [3.05, 3.63) is 85.1 Å². The van der Waals surface area contributed by atoms with Gasteiger partial charge in [0.2, 0.25) is 5.91 Å². The number of allylic oxidation sites excluding steroid dienone is 14. The Balaban J connectivity index is 3.83. The van der Waals surface area contributed by atoms with E-state index in [-0.39, 0.29) is 19.1 Å². The van der Waals surface area contributed by atoms with Gasteiger partial charge in [0.05, 0.1) is 39.9 Å². The molecular formula is C55H99N2O6P. The predicted molar refractivity (Wildman–Crippen MR) is 274 cm³/mol. The van der Waals surface area contributed by atoms with E-state index in [0.717, 1.165) is 96.3 Å². The third-order valence-corrected chi connectivity index (χ3v) is 12.1. The Kier molecular flexibility index (Phi) is 44.2. The lowest BCUT2D eigenvalue weighted by molar-refractivity contribution is -0.870. The number of amides is 1. The summed E-state index contributed by atoms with van der Waals surface area (Å²) in [6.07, 6.45) is 63.8. The van der Waals surface area contributed by atoms with Gasteiger partial charge in [-0.25, -0.2) is 0 Å². The summed E-state index contributed by atoms with van der Waals surface area (Å²) in [6.45, 7) is 4.50. The summed E-state index contributed by atoms with van der Waals surface area (Å²) in [5, 5.41) is 13.7. The Morgan fingerprint density at radius 1 is 0.562 bits per heavy atom. The number of rotatable bonds is 46. The molecule has 0 aliphatic heterocycles. The van der Waals surface area contributed by atoms with Gasteiger partial charge in [-0.2, -0.15) is 0 Å². The molecule has 64 heavy (non-hydrogen) atoms. The number of carbonyl (C=O) groups excluding carboxylic acids is 1. The zero-order chi connectivity index (χ0) is 47.1. The molecule has 0 saturated heterocycles. The van der Waals surface area contributed by atoms with Gasteiger partial charge in [0.1, 0.15) is 13.2 Å². The first-order valence-electron chi connectivity index (χ1n) is 25.9. The predicted octanol–water partition coefficient (Wildman–Crippen LogP) is 14.7. The lowest BCUT2D eigenvalue weighted by Crippen LogP contribution is -2.46. The highest BCUT2D eigenvalue weighted by atomic mass is 31.2. The Morgan fingerprint density at radius 3 is 1.39 bits per heavy atom. The van der Waals surface area contributed by atoms with Gasteiger partial charge in [-0.1, -0.05) is 214 Å². The van der Waals surface area contributed by atoms with Crippen LogP contribution in [0, 0.1) is 0 Å². The number of hydrogen-bond donors (Lipinski definition) is 2. The Labute approximate surface area is 395 Å². The number of carbonyl (C=O) groups is 1. The van der Waals surface area contributed by atoms with E-state index in [1.165, 1.54) is 83.5 Å². The number of aliphatic hydroxyl groups is 1. The van der Waals surface area contributed by atoms with Crippen molar-refractivity contribution in [1.82, 2.24) is 5.32 Å². The summed E-state index contributed by atoms with van der Waals surface area (Å²) in [5.74, 6) is -0.175. The second-order valence-corrected chi connectivity index (χ2v) is 19.9. The smallest absolute Gasteiger partial charge is 0.268 e. The molecule has 0 aliphatic rings. The fraction of sp³-hybridized carbons (Fsp3) is 0.727. The molecule has 0 aliphatic carbocycles. The fourth-order valence-electron chi connectivity index (χ4n) is 7.08. The number of aliphatic hydroxyl groups excluding tert-OH is 1. The van der Waals surface area contributed by atoms with Crippen LogP contribution >= 0.6 is 7.82 Å². The van der Waals surface area contributed by atoms with Crippen LogP contribution in [-0.4, -0.2) is 68.5 Å². The first kappa shape index (κ1) is 61.7. The molecule has 8 nitrogen and oxygen atoms in total. The minimum absolute atomic E-state index is 0.00886. The molecule has 9 heteroatoms. The zero-order valence-corrected chi connectivity index (χ0v) is 42.8. The molecule has 0 aromatic carbocycles. The molecule has 0 aromatic rings. The quantitative estimate of drug-likeness (QED) is 0.0273. The molecule has 2 N–H and O–H groups in total. The van der Waals surface area contributed by atoms with Gasteiger partial charge in [-0.05, 0) is 70.6 Å². The number of nitrogens with one attached hydrogen (secondary N) is 1. The number of likely N-dealkylation sites (N-methyl/N-ethyl adjacent to an activating group) is 1. The van der Waals surface area contributed by atoms with Crippen LogP contribution in [-0.2, 0) is 18.4 Å². The average Bonchev–Trinajstić information content (AvgIpc) is 3.25. The van der Waals surface area contributed by atoms with Gasteiger partial charge in [0.15, 0.2) is 0 Å². The number of unbranched alkanes of at least 4 members (excludes halogenated alkanes) is 19. The second-order valence-electron chi connectivity index (χ2n) is 18.5. The summed E-state index contributed by atoms with van der Waals surface area (Å²) in [4.78, 5) is 25.2. The van der Waals surface area contributed by atoms with Gasteiger partial charge in [-0.15, -0.1) is 0 Å². The van der Waals surface area contributed by atoms with Crippen LogP contribution in [0.15, 0.2) is 85.1 Å². The molecule has 0 aromatic heterocycles. The van der Waals surface area contributed by atoms with Crippen LogP contribution in [0.5, 0.6) is 0 Å². The largest absolute Gasteiger partial charge is 0.756 e. The van der Waals surface area contributed by atoms with Gasteiger partial charge in [0.25, 0.3) is 7.82 Å². The van der Waals surface area contributed by atoms with E-state index >= 15 is 0 Å². The highest BCUT2D eigenvalue weighted by Gasteiger charge is 2.24. The molecule has 0 heterocycles. The molecule has 370 valence electrons. The molecule has 3 unspecified atom stereocenters. The van der Waals surface area contributed by atoms with Gasteiger partial charge >= 0.3 is 0 Å². The van der Waals surface area contributed by atoms with Crippen molar-refractivity contribution >= 4 is 13.7 Å². The van der Waals surface area contributed by atoms with Crippen LogP contribution < -0.4 is 10.2 Å². The summed E-state index contributed by atoms with van der Waals surface area (Å²) in [5.41, 5.74) is 0. The Bertz CT molecular complexity index is 1310. The Morgan fingerprint density at radius 2 is 0.953 bits per heavy atom. The molecule has 3 atom stereocenters. The normalized spacial score (nSPS) is 14.8. The summed E-state index contributed by atoms with van der Waals surface area (Å²) in [6, 6.07) is -0.799. The zero-order valence-electron chi connectivity index (χ0n) is 42.0. The van der Waals surface area contributed by atoms with Crippen molar-refractivity contribution < 1.29 is 32.9 Å². The van der Waals surface area contributed by atoms with Crippen molar-refractivity contribution in [1.29, 1.82) is 0 Å². The summed E-state index contributed by atoms with van der Waals surface area (Å²) in [7, 11) is 1.29. The lowest BCUT2D eigenvalue weighted by atomic mass is 10.0. The highest BCUT2D eigenvalue weighted by Crippen LogP contribution is 2.38. The first-order valence-corrected chi connectivity index (χ1v) is 27.4. The minimum Gasteiger partial charge on any atom is -0.756 e. The van der Waals surface area contributed by atoms with Crippen LogP contribution in [0.25, 0.3) is 0 Å². The maximum Gasteiger partial charge on any atom is 0.268 e. The van der Waals surface area contributed by atoms with Crippen molar-refractivity contribution in [3.63, 3.8) is 0 Å². The maximum atomic E-state index is 12.8. The lowest BCUT2D eigenvalue weighted by Gasteiger charge is -2.30. The van der Waals surface area contributed by atoms with E-state index in [4.69, 9.17) is 9.05 Å². The van der Waals surface area contributed by atoms with Crippen LogP contribution in [0.1, 0.15) is 206 Å².